The van der Waals surface area contributed by atoms with Crippen LogP contribution in [-0.2, 0) is 11.3 Å². The van der Waals surface area contributed by atoms with Gasteiger partial charge in [-0.3, -0.25) is 14.2 Å². The van der Waals surface area contributed by atoms with Crippen molar-refractivity contribution in [3.8, 4) is 5.75 Å². The van der Waals surface area contributed by atoms with Gasteiger partial charge in [0.05, 0.1) is 23.3 Å². The van der Waals surface area contributed by atoms with E-state index in [2.05, 4.69) is 26.2 Å². The maximum absolute atomic E-state index is 12.8. The number of aromatic nitrogens is 2. The molecule has 1 heterocycles. The van der Waals surface area contributed by atoms with E-state index in [0.717, 1.165) is 4.47 Å². The van der Waals surface area contributed by atoms with Crippen LogP contribution in [0, 0.1) is 0 Å². The molecule has 6 nitrogen and oxygen atoms in total. The largest absolute Gasteiger partial charge is 0.497 e. The molecule has 0 aliphatic heterocycles. The zero-order chi connectivity index (χ0) is 20.3. The molecule has 0 aliphatic carbocycles. The molecule has 0 bridgehead atoms. The summed E-state index contributed by atoms with van der Waals surface area (Å²) in [7, 11) is 1.58. The van der Waals surface area contributed by atoms with Crippen LogP contribution in [0.15, 0.2) is 56.9 Å². The van der Waals surface area contributed by atoms with Crippen molar-refractivity contribution in [2.45, 2.75) is 30.8 Å². The molecule has 28 heavy (non-hydrogen) atoms. The topological polar surface area (TPSA) is 73.2 Å². The van der Waals surface area contributed by atoms with Crippen molar-refractivity contribution in [2.75, 3.05) is 12.4 Å². The van der Waals surface area contributed by atoms with Gasteiger partial charge in [0.25, 0.3) is 5.56 Å². The number of thioether (sulfide) groups is 1. The summed E-state index contributed by atoms with van der Waals surface area (Å²) in [5, 5.41) is 3.51. The lowest BCUT2D eigenvalue weighted by Crippen LogP contribution is -2.26. The fourth-order valence-electron chi connectivity index (χ4n) is 2.70. The van der Waals surface area contributed by atoms with Crippen LogP contribution in [0.3, 0.4) is 0 Å². The van der Waals surface area contributed by atoms with Crippen molar-refractivity contribution in [3.63, 3.8) is 0 Å². The van der Waals surface area contributed by atoms with Gasteiger partial charge in [-0.25, -0.2) is 4.98 Å². The van der Waals surface area contributed by atoms with Crippen LogP contribution >= 0.6 is 27.7 Å². The number of hydrogen-bond acceptors (Lipinski definition) is 5. The normalized spacial score (nSPS) is 12.0. The van der Waals surface area contributed by atoms with E-state index in [4.69, 9.17) is 4.74 Å². The van der Waals surface area contributed by atoms with Crippen molar-refractivity contribution in [1.29, 1.82) is 0 Å². The number of benzene rings is 2. The summed E-state index contributed by atoms with van der Waals surface area (Å²) in [6.45, 7) is 4.15. The monoisotopic (exact) mass is 461 g/mol. The third-order valence-electron chi connectivity index (χ3n) is 4.19. The average molecular weight is 462 g/mol. The second-order valence-corrected chi connectivity index (χ2v) is 8.31. The zero-order valence-electron chi connectivity index (χ0n) is 15.7. The summed E-state index contributed by atoms with van der Waals surface area (Å²) in [5.41, 5.74) is 1.15. The molecular formula is C20H20BrN3O3S. The second-order valence-electron chi connectivity index (χ2n) is 6.09. The molecule has 2 aromatic carbocycles. The van der Waals surface area contributed by atoms with Crippen molar-refractivity contribution in [3.05, 3.63) is 57.3 Å². The smallest absolute Gasteiger partial charge is 0.262 e. The SMILES string of the molecule is CCn1c(SC(C)C(=O)Nc2cccc(OC)c2)nc2ccc(Br)cc2c1=O. The number of rotatable bonds is 6. The number of nitrogens with zero attached hydrogens (tertiary/aromatic N) is 2. The Bertz CT molecular complexity index is 1080. The maximum Gasteiger partial charge on any atom is 0.262 e. The van der Waals surface area contributed by atoms with Crippen LogP contribution in [0.5, 0.6) is 5.75 Å². The number of nitrogens with one attached hydrogen (secondary N) is 1. The van der Waals surface area contributed by atoms with Crippen molar-refractivity contribution >= 4 is 50.2 Å². The fourth-order valence-corrected chi connectivity index (χ4v) is 4.03. The van der Waals surface area contributed by atoms with E-state index in [-0.39, 0.29) is 11.5 Å². The Kier molecular flexibility index (Phi) is 6.41. The lowest BCUT2D eigenvalue weighted by molar-refractivity contribution is -0.115. The number of ether oxygens (including phenoxy) is 1. The van der Waals surface area contributed by atoms with E-state index in [1.54, 1.807) is 42.9 Å². The van der Waals surface area contributed by atoms with Gasteiger partial charge in [-0.2, -0.15) is 0 Å². The number of anilines is 1. The van der Waals surface area contributed by atoms with Crippen LogP contribution in [0.4, 0.5) is 5.69 Å². The lowest BCUT2D eigenvalue weighted by atomic mass is 10.2. The number of carbonyl (C=O) groups excluding carboxylic acids is 1. The zero-order valence-corrected chi connectivity index (χ0v) is 18.1. The number of amides is 1. The minimum Gasteiger partial charge on any atom is -0.497 e. The second kappa shape index (κ2) is 8.79. The van der Waals surface area contributed by atoms with Gasteiger partial charge >= 0.3 is 0 Å². The van der Waals surface area contributed by atoms with Crippen molar-refractivity contribution in [1.82, 2.24) is 9.55 Å². The molecule has 1 unspecified atom stereocenters. The maximum atomic E-state index is 12.8. The van der Waals surface area contributed by atoms with E-state index in [1.807, 2.05) is 25.1 Å². The molecule has 0 aliphatic rings. The van der Waals surface area contributed by atoms with Crippen molar-refractivity contribution in [2.24, 2.45) is 0 Å². The first kappa shape index (κ1) is 20.4. The van der Waals surface area contributed by atoms with E-state index in [9.17, 15) is 9.59 Å². The standard InChI is InChI=1S/C20H20BrN3O3S/c1-4-24-19(26)16-10-13(21)8-9-17(16)23-20(24)28-12(2)18(25)22-14-6-5-7-15(11-14)27-3/h5-12H,4H2,1-3H3,(H,22,25). The fraction of sp³-hybridized carbons (Fsp3) is 0.250. The first-order chi connectivity index (χ1) is 13.4. The number of methoxy groups -OCH3 is 1. The molecule has 3 rings (SSSR count). The predicted molar refractivity (Wildman–Crippen MR) is 116 cm³/mol. The molecule has 0 spiro atoms. The van der Waals surface area contributed by atoms with Gasteiger partial charge < -0.3 is 10.1 Å². The summed E-state index contributed by atoms with van der Waals surface area (Å²) in [4.78, 5) is 30.0. The van der Waals surface area contributed by atoms with Gasteiger partial charge in [0.1, 0.15) is 5.75 Å². The molecule has 1 N–H and O–H groups in total. The van der Waals surface area contributed by atoms with E-state index in [1.165, 1.54) is 11.8 Å². The molecule has 146 valence electrons. The highest BCUT2D eigenvalue weighted by atomic mass is 79.9. The van der Waals surface area contributed by atoms with Crippen LogP contribution in [0.2, 0.25) is 0 Å². The van der Waals surface area contributed by atoms with Crippen LogP contribution in [0.1, 0.15) is 13.8 Å². The summed E-state index contributed by atoms with van der Waals surface area (Å²) < 4.78 is 7.60. The molecule has 0 saturated heterocycles. The van der Waals surface area contributed by atoms with Crippen molar-refractivity contribution < 1.29 is 9.53 Å². The van der Waals surface area contributed by atoms with Crippen LogP contribution in [-0.4, -0.2) is 27.8 Å². The number of hydrogen-bond donors (Lipinski definition) is 1. The highest BCUT2D eigenvalue weighted by Crippen LogP contribution is 2.25. The molecule has 1 amide bonds. The number of carbonyl (C=O) groups is 1. The first-order valence-electron chi connectivity index (χ1n) is 8.74. The molecule has 0 radical (unpaired) electrons. The minimum atomic E-state index is -0.441. The Morgan fingerprint density at radius 1 is 1.32 bits per heavy atom. The van der Waals surface area contributed by atoms with Gasteiger partial charge in [0, 0.05) is 22.8 Å². The third kappa shape index (κ3) is 4.39. The predicted octanol–water partition coefficient (Wildman–Crippen LogP) is 4.31. The van der Waals surface area contributed by atoms with Crippen LogP contribution in [0.25, 0.3) is 10.9 Å². The van der Waals surface area contributed by atoms with Gasteiger partial charge in [-0.05, 0) is 44.2 Å². The van der Waals surface area contributed by atoms with Gasteiger partial charge in [0.2, 0.25) is 5.91 Å². The lowest BCUT2D eigenvalue weighted by Gasteiger charge is -2.15. The summed E-state index contributed by atoms with van der Waals surface area (Å²) >= 11 is 4.65. The Morgan fingerprint density at radius 2 is 2.11 bits per heavy atom. The molecule has 8 heteroatoms. The average Bonchev–Trinajstić information content (AvgIpc) is 2.69. The molecule has 0 saturated carbocycles. The molecule has 3 aromatic rings. The van der Waals surface area contributed by atoms with Gasteiger partial charge in [0.15, 0.2) is 5.16 Å². The summed E-state index contributed by atoms with van der Waals surface area (Å²) in [6.07, 6.45) is 0. The highest BCUT2D eigenvalue weighted by molar-refractivity contribution is 9.10. The van der Waals surface area contributed by atoms with Crippen LogP contribution < -0.4 is 15.6 Å². The molecule has 0 fully saturated rings. The third-order valence-corrected chi connectivity index (χ3v) is 5.77. The number of fused-ring (bicyclic) bond motifs is 1. The minimum absolute atomic E-state index is 0.114. The Morgan fingerprint density at radius 3 is 2.82 bits per heavy atom. The Hall–Kier alpha value is -2.32. The molecule has 1 atom stereocenters. The van der Waals surface area contributed by atoms with Gasteiger partial charge in [-0.1, -0.05) is 33.8 Å². The highest BCUT2D eigenvalue weighted by Gasteiger charge is 2.19. The first-order valence-corrected chi connectivity index (χ1v) is 10.4. The Balaban J connectivity index is 1.85. The summed E-state index contributed by atoms with van der Waals surface area (Å²) in [6, 6.07) is 12.6. The van der Waals surface area contributed by atoms with E-state index >= 15 is 0 Å². The molecule has 1 aromatic heterocycles. The summed E-state index contributed by atoms with van der Waals surface area (Å²) in [5.74, 6) is 0.492. The van der Waals surface area contributed by atoms with E-state index in [0.29, 0.717) is 34.0 Å². The Labute approximate surface area is 175 Å². The number of halogens is 1. The van der Waals surface area contributed by atoms with Gasteiger partial charge in [-0.15, -0.1) is 0 Å². The van der Waals surface area contributed by atoms with E-state index < -0.39 is 5.25 Å². The molecular weight excluding hydrogens is 442 g/mol. The quantitative estimate of drug-likeness (QED) is 0.437.